The zero-order valence-corrected chi connectivity index (χ0v) is 11.9. The zero-order valence-electron chi connectivity index (χ0n) is 8.96. The largest absolute Gasteiger partial charge is 0.448 e. The van der Waals surface area contributed by atoms with Gasteiger partial charge in [0.1, 0.15) is 0 Å². The Bertz CT molecular complexity index is 473. The Hall–Kier alpha value is -0.950. The second-order valence-electron chi connectivity index (χ2n) is 3.54. The van der Waals surface area contributed by atoms with Crippen molar-refractivity contribution < 1.29 is 9.53 Å². The predicted molar refractivity (Wildman–Crippen MR) is 74.4 cm³/mol. The van der Waals surface area contributed by atoms with E-state index in [2.05, 4.69) is 33.2 Å². The number of hydrogen-bond acceptors (Lipinski definition) is 3. The fraction of sp³-hybridized carbons (Fsp3) is 0.182. The summed E-state index contributed by atoms with van der Waals surface area (Å²) >= 11 is 8.03. The molecule has 2 N–H and O–H groups in total. The van der Waals surface area contributed by atoms with E-state index in [0.29, 0.717) is 5.70 Å². The maximum atomic E-state index is 11.6. The number of carbonyl (C=O) groups is 1. The molecule has 0 saturated heterocycles. The Labute approximate surface area is 118 Å². The van der Waals surface area contributed by atoms with Crippen molar-refractivity contribution in [3.05, 3.63) is 38.8 Å². The molecule has 1 aliphatic heterocycles. The lowest BCUT2D eigenvalue weighted by atomic mass is 10.3. The van der Waals surface area contributed by atoms with Crippen LogP contribution in [0, 0.1) is 3.57 Å². The van der Waals surface area contributed by atoms with Gasteiger partial charge in [0.25, 0.3) is 12.1 Å². The minimum Gasteiger partial charge on any atom is -0.448 e. The van der Waals surface area contributed by atoms with Crippen molar-refractivity contribution in [1.29, 1.82) is 0 Å². The monoisotopic (exact) mass is 364 g/mol. The van der Waals surface area contributed by atoms with Gasteiger partial charge in [0.05, 0.1) is 5.70 Å². The van der Waals surface area contributed by atoms with E-state index in [4.69, 9.17) is 16.3 Å². The fourth-order valence-electron chi connectivity index (χ4n) is 1.34. The number of rotatable bonds is 2. The number of halogens is 2. The first kappa shape index (κ1) is 12.5. The SMILES string of the molecule is CC1=C(Cl)OC(Nc2ccc(I)cc2)C(=O)N1. The predicted octanol–water partition coefficient (Wildman–Crippen LogP) is 2.60. The van der Waals surface area contributed by atoms with Gasteiger partial charge in [-0.1, -0.05) is 0 Å². The highest BCUT2D eigenvalue weighted by atomic mass is 127. The molecule has 0 aliphatic carbocycles. The number of anilines is 1. The molecule has 0 radical (unpaired) electrons. The van der Waals surface area contributed by atoms with Gasteiger partial charge in [0.2, 0.25) is 5.22 Å². The lowest BCUT2D eigenvalue weighted by Gasteiger charge is -2.25. The number of nitrogens with one attached hydrogen (secondary N) is 2. The summed E-state index contributed by atoms with van der Waals surface area (Å²) in [5, 5.41) is 5.78. The van der Waals surface area contributed by atoms with Gasteiger partial charge in [-0.15, -0.1) is 0 Å². The summed E-state index contributed by atoms with van der Waals surface area (Å²) in [4.78, 5) is 11.6. The van der Waals surface area contributed by atoms with Crippen molar-refractivity contribution in [3.63, 3.8) is 0 Å². The Balaban J connectivity index is 2.09. The average molecular weight is 365 g/mol. The molecule has 1 unspecified atom stereocenters. The van der Waals surface area contributed by atoms with Crippen LogP contribution < -0.4 is 10.6 Å². The molecule has 1 aromatic rings. The third-order valence-electron chi connectivity index (χ3n) is 2.21. The fourth-order valence-corrected chi connectivity index (χ4v) is 1.83. The molecule has 0 bridgehead atoms. The molecular weight excluding hydrogens is 354 g/mol. The topological polar surface area (TPSA) is 50.4 Å². The van der Waals surface area contributed by atoms with Gasteiger partial charge in [-0.05, 0) is 65.4 Å². The Morgan fingerprint density at radius 2 is 2.06 bits per heavy atom. The van der Waals surface area contributed by atoms with E-state index in [1.54, 1.807) is 6.92 Å². The first-order valence-corrected chi connectivity index (χ1v) is 6.38. The van der Waals surface area contributed by atoms with Crippen molar-refractivity contribution in [2.45, 2.75) is 13.2 Å². The van der Waals surface area contributed by atoms with Gasteiger partial charge in [-0.2, -0.15) is 0 Å². The van der Waals surface area contributed by atoms with E-state index in [-0.39, 0.29) is 11.1 Å². The maximum absolute atomic E-state index is 11.6. The number of ether oxygens (including phenoxy) is 1. The summed E-state index contributed by atoms with van der Waals surface area (Å²) in [6.07, 6.45) is -0.800. The van der Waals surface area contributed by atoms with E-state index < -0.39 is 6.23 Å². The lowest BCUT2D eigenvalue weighted by molar-refractivity contribution is -0.129. The molecule has 0 aromatic heterocycles. The number of benzene rings is 1. The summed E-state index contributed by atoms with van der Waals surface area (Å²) in [6, 6.07) is 7.62. The van der Waals surface area contributed by atoms with Gasteiger partial charge >= 0.3 is 0 Å². The molecule has 1 aromatic carbocycles. The van der Waals surface area contributed by atoms with Crippen molar-refractivity contribution in [3.8, 4) is 0 Å². The number of amides is 1. The van der Waals surface area contributed by atoms with Gasteiger partial charge in [-0.25, -0.2) is 0 Å². The van der Waals surface area contributed by atoms with Crippen LogP contribution in [-0.2, 0) is 9.53 Å². The number of hydrogen-bond donors (Lipinski definition) is 2. The highest BCUT2D eigenvalue weighted by Crippen LogP contribution is 2.19. The molecule has 4 nitrogen and oxygen atoms in total. The van der Waals surface area contributed by atoms with Crippen LogP contribution in [0.1, 0.15) is 6.92 Å². The summed E-state index contributed by atoms with van der Waals surface area (Å²) in [5.41, 5.74) is 1.33. The quantitative estimate of drug-likeness (QED) is 0.793. The molecule has 1 amide bonds. The molecule has 2 rings (SSSR count). The molecule has 1 aliphatic rings. The van der Waals surface area contributed by atoms with E-state index >= 15 is 0 Å². The normalized spacial score (nSPS) is 19.7. The molecule has 0 saturated carbocycles. The van der Waals surface area contributed by atoms with Crippen LogP contribution in [-0.4, -0.2) is 12.1 Å². The van der Waals surface area contributed by atoms with Gasteiger partial charge in [0.15, 0.2) is 0 Å². The van der Waals surface area contributed by atoms with E-state index in [1.165, 1.54) is 0 Å². The Morgan fingerprint density at radius 3 is 2.71 bits per heavy atom. The minimum atomic E-state index is -0.800. The third kappa shape index (κ3) is 3.04. The van der Waals surface area contributed by atoms with Crippen LogP contribution in [0.15, 0.2) is 35.2 Å². The molecule has 1 heterocycles. The molecule has 1 atom stereocenters. The van der Waals surface area contributed by atoms with E-state index in [0.717, 1.165) is 9.26 Å². The lowest BCUT2D eigenvalue weighted by Crippen LogP contribution is -2.44. The minimum absolute atomic E-state index is 0.201. The summed E-state index contributed by atoms with van der Waals surface area (Å²) in [5.74, 6) is -0.259. The summed E-state index contributed by atoms with van der Waals surface area (Å²) in [7, 11) is 0. The highest BCUT2D eigenvalue weighted by Gasteiger charge is 2.26. The van der Waals surface area contributed by atoms with Crippen LogP contribution >= 0.6 is 34.2 Å². The Morgan fingerprint density at radius 1 is 1.41 bits per heavy atom. The van der Waals surface area contributed by atoms with E-state index in [1.807, 2.05) is 24.3 Å². The van der Waals surface area contributed by atoms with Crippen molar-refractivity contribution in [1.82, 2.24) is 5.32 Å². The Kier molecular flexibility index (Phi) is 3.78. The average Bonchev–Trinajstić information content (AvgIpc) is 2.29. The van der Waals surface area contributed by atoms with Crippen molar-refractivity contribution in [2.24, 2.45) is 0 Å². The molecule has 17 heavy (non-hydrogen) atoms. The van der Waals surface area contributed by atoms with E-state index in [9.17, 15) is 4.79 Å². The molecule has 90 valence electrons. The molecule has 0 spiro atoms. The van der Waals surface area contributed by atoms with Gasteiger partial charge in [-0.3, -0.25) is 4.79 Å². The van der Waals surface area contributed by atoms with Crippen LogP contribution in [0.4, 0.5) is 5.69 Å². The van der Waals surface area contributed by atoms with Crippen molar-refractivity contribution in [2.75, 3.05) is 5.32 Å². The number of allylic oxidation sites excluding steroid dienone is 1. The standard InChI is InChI=1S/C11H10ClIN2O2/c1-6-9(12)17-11(10(16)14-6)15-8-4-2-7(13)3-5-8/h2-5,11,15H,1H3,(H,14,16). The van der Waals surface area contributed by atoms with Crippen molar-refractivity contribution >= 4 is 45.8 Å². The first-order chi connectivity index (χ1) is 8.06. The zero-order chi connectivity index (χ0) is 12.4. The third-order valence-corrected chi connectivity index (χ3v) is 3.30. The second kappa shape index (κ2) is 5.14. The summed E-state index contributed by atoms with van der Waals surface area (Å²) in [6.45, 7) is 1.68. The van der Waals surface area contributed by atoms with Crippen LogP contribution in [0.2, 0.25) is 0 Å². The second-order valence-corrected chi connectivity index (χ2v) is 5.13. The van der Waals surface area contributed by atoms with Crippen LogP contribution in [0.5, 0.6) is 0 Å². The number of carbonyl (C=O) groups excluding carboxylic acids is 1. The smallest absolute Gasteiger partial charge is 0.286 e. The van der Waals surface area contributed by atoms with Crippen LogP contribution in [0.3, 0.4) is 0 Å². The molecular formula is C11H10ClIN2O2. The van der Waals surface area contributed by atoms with Crippen LogP contribution in [0.25, 0.3) is 0 Å². The molecule has 6 heteroatoms. The highest BCUT2D eigenvalue weighted by molar-refractivity contribution is 14.1. The molecule has 0 fully saturated rings. The van der Waals surface area contributed by atoms with Gasteiger partial charge < -0.3 is 15.4 Å². The first-order valence-electron chi connectivity index (χ1n) is 4.92. The maximum Gasteiger partial charge on any atom is 0.286 e. The van der Waals surface area contributed by atoms with Gasteiger partial charge in [0, 0.05) is 9.26 Å². The summed E-state index contributed by atoms with van der Waals surface area (Å²) < 4.78 is 6.39.